The van der Waals surface area contributed by atoms with Crippen molar-refractivity contribution in [3.63, 3.8) is 0 Å². The van der Waals surface area contributed by atoms with Gasteiger partial charge in [0.15, 0.2) is 0 Å². The van der Waals surface area contributed by atoms with E-state index in [1.165, 1.54) is 6.92 Å². The van der Waals surface area contributed by atoms with Gasteiger partial charge >= 0.3 is 8.56 Å². The van der Waals surface area contributed by atoms with Gasteiger partial charge in [-0.2, -0.15) is 0 Å². The topological polar surface area (TPSA) is 35.5 Å². The van der Waals surface area contributed by atoms with Crippen molar-refractivity contribution in [2.24, 2.45) is 0 Å². The number of rotatable bonds is 4. The summed E-state index contributed by atoms with van der Waals surface area (Å²) < 4.78 is 10.8. The summed E-state index contributed by atoms with van der Waals surface area (Å²) in [6.07, 6.45) is 0. The van der Waals surface area contributed by atoms with Crippen LogP contribution < -0.4 is 0 Å². The van der Waals surface area contributed by atoms with Gasteiger partial charge in [-0.25, -0.2) is 0 Å². The van der Waals surface area contributed by atoms with Crippen molar-refractivity contribution in [1.29, 1.82) is 0 Å². The molecule has 16 heavy (non-hydrogen) atoms. The van der Waals surface area contributed by atoms with E-state index in [1.54, 1.807) is 0 Å². The zero-order chi connectivity index (χ0) is 12.2. The number of carbonyl (C=O) groups excluding carboxylic acids is 1. The van der Waals surface area contributed by atoms with Crippen LogP contribution in [0.4, 0.5) is 0 Å². The molecule has 0 atom stereocenters. The van der Waals surface area contributed by atoms with Crippen LogP contribution in [0.3, 0.4) is 0 Å². The maximum Gasteiger partial charge on any atom is 0.455 e. The van der Waals surface area contributed by atoms with Gasteiger partial charge in [0.1, 0.15) is 5.76 Å². The molecule has 0 aliphatic heterocycles. The molecule has 0 heterocycles. The van der Waals surface area contributed by atoms with Gasteiger partial charge in [0.25, 0.3) is 5.97 Å². The molecule has 0 aliphatic rings. The van der Waals surface area contributed by atoms with Crippen LogP contribution in [0.2, 0.25) is 13.1 Å². The minimum Gasteiger partial charge on any atom is -0.512 e. The Balaban J connectivity index is 2.68. The van der Waals surface area contributed by atoms with E-state index in [1.807, 2.05) is 43.4 Å². The molecule has 4 heteroatoms. The normalized spacial score (nSPS) is 10.7. The summed E-state index contributed by atoms with van der Waals surface area (Å²) in [5.74, 6) is 0.219. The molecule has 0 unspecified atom stereocenters. The first-order valence-corrected chi connectivity index (χ1v) is 7.85. The van der Waals surface area contributed by atoms with Crippen LogP contribution in [0.25, 0.3) is 5.76 Å². The first-order valence-electron chi connectivity index (χ1n) is 5.03. The van der Waals surface area contributed by atoms with Gasteiger partial charge in [-0.1, -0.05) is 36.9 Å². The molecular formula is C12H16O3Si. The van der Waals surface area contributed by atoms with Crippen LogP contribution in [-0.4, -0.2) is 14.5 Å². The Bertz CT molecular complexity index is 385. The molecule has 1 rings (SSSR count). The van der Waals surface area contributed by atoms with E-state index in [-0.39, 0.29) is 5.97 Å². The lowest BCUT2D eigenvalue weighted by Gasteiger charge is -2.23. The Labute approximate surface area is 96.9 Å². The van der Waals surface area contributed by atoms with Crippen molar-refractivity contribution in [2.75, 3.05) is 0 Å². The first-order chi connectivity index (χ1) is 7.41. The zero-order valence-corrected chi connectivity index (χ0v) is 10.8. The fraction of sp³-hybridized carbons (Fsp3) is 0.250. The molecular weight excluding hydrogens is 220 g/mol. The molecule has 0 N–H and O–H groups in total. The third kappa shape index (κ3) is 3.90. The summed E-state index contributed by atoms with van der Waals surface area (Å²) in [6.45, 7) is 8.83. The van der Waals surface area contributed by atoms with Crippen LogP contribution in [-0.2, 0) is 13.6 Å². The average Bonchev–Trinajstić information content (AvgIpc) is 2.16. The summed E-state index contributed by atoms with van der Waals surface area (Å²) in [4.78, 5) is 10.9. The number of carbonyl (C=O) groups is 1. The second kappa shape index (κ2) is 4.98. The summed E-state index contributed by atoms with van der Waals surface area (Å²) in [7, 11) is -2.46. The monoisotopic (exact) mass is 236 g/mol. The van der Waals surface area contributed by atoms with Gasteiger partial charge in [-0.3, -0.25) is 4.79 Å². The fourth-order valence-corrected chi connectivity index (χ4v) is 2.79. The molecule has 0 aromatic heterocycles. The lowest BCUT2D eigenvalue weighted by Crippen LogP contribution is -2.35. The van der Waals surface area contributed by atoms with Crippen LogP contribution in [0.5, 0.6) is 0 Å². The SMILES string of the molecule is C=C(O[Si](C)(C)OC(C)=O)c1ccccc1. The van der Waals surface area contributed by atoms with Gasteiger partial charge in [-0.05, 0) is 0 Å². The Morgan fingerprint density at radius 1 is 1.19 bits per heavy atom. The second-order valence-corrected chi connectivity index (χ2v) is 7.09. The standard InChI is InChI=1S/C12H16O3Si/c1-10(12-8-6-5-7-9-12)14-16(3,4)15-11(2)13/h5-9H,1H2,2-4H3. The highest BCUT2D eigenvalue weighted by molar-refractivity contribution is 6.67. The highest BCUT2D eigenvalue weighted by Crippen LogP contribution is 2.19. The Morgan fingerprint density at radius 2 is 1.75 bits per heavy atom. The molecule has 0 spiro atoms. The van der Waals surface area contributed by atoms with E-state index in [9.17, 15) is 4.79 Å². The zero-order valence-electron chi connectivity index (χ0n) is 9.82. The van der Waals surface area contributed by atoms with Crippen LogP contribution >= 0.6 is 0 Å². The van der Waals surface area contributed by atoms with Crippen LogP contribution in [0.1, 0.15) is 12.5 Å². The lowest BCUT2D eigenvalue weighted by molar-refractivity contribution is -0.133. The first kappa shape index (κ1) is 12.5. The van der Waals surface area contributed by atoms with E-state index in [2.05, 4.69) is 6.58 Å². The van der Waals surface area contributed by atoms with Crippen LogP contribution in [0.15, 0.2) is 36.9 Å². The Hall–Kier alpha value is -1.55. The molecule has 0 amide bonds. The third-order valence-corrected chi connectivity index (χ3v) is 3.37. The smallest absolute Gasteiger partial charge is 0.455 e. The summed E-state index contributed by atoms with van der Waals surface area (Å²) >= 11 is 0. The van der Waals surface area contributed by atoms with E-state index in [0.717, 1.165) is 5.56 Å². The average molecular weight is 236 g/mol. The van der Waals surface area contributed by atoms with Crippen molar-refractivity contribution in [1.82, 2.24) is 0 Å². The highest BCUT2D eigenvalue weighted by atomic mass is 28.4. The van der Waals surface area contributed by atoms with Crippen LogP contribution in [0, 0.1) is 0 Å². The highest BCUT2D eigenvalue weighted by Gasteiger charge is 2.30. The second-order valence-electron chi connectivity index (χ2n) is 3.88. The number of hydrogen-bond donors (Lipinski definition) is 0. The van der Waals surface area contributed by atoms with E-state index in [4.69, 9.17) is 8.85 Å². The van der Waals surface area contributed by atoms with E-state index in [0.29, 0.717) is 5.76 Å². The number of benzene rings is 1. The predicted molar refractivity (Wildman–Crippen MR) is 65.8 cm³/mol. The predicted octanol–water partition coefficient (Wildman–Crippen LogP) is 2.94. The van der Waals surface area contributed by atoms with Crippen molar-refractivity contribution >= 4 is 20.3 Å². The Kier molecular flexibility index (Phi) is 3.90. The van der Waals surface area contributed by atoms with Crippen molar-refractivity contribution < 1.29 is 13.6 Å². The van der Waals surface area contributed by atoms with Crippen molar-refractivity contribution in [2.45, 2.75) is 20.0 Å². The third-order valence-electron chi connectivity index (χ3n) is 1.85. The largest absolute Gasteiger partial charge is 0.512 e. The van der Waals surface area contributed by atoms with E-state index < -0.39 is 8.56 Å². The summed E-state index contributed by atoms with van der Waals surface area (Å²) in [5, 5.41) is 0. The molecule has 1 aromatic carbocycles. The Morgan fingerprint density at radius 3 is 2.25 bits per heavy atom. The molecule has 3 nitrogen and oxygen atoms in total. The van der Waals surface area contributed by atoms with Gasteiger partial charge in [-0.15, -0.1) is 0 Å². The van der Waals surface area contributed by atoms with Crippen molar-refractivity contribution in [3.05, 3.63) is 42.5 Å². The molecule has 0 saturated heterocycles. The maximum atomic E-state index is 10.9. The minimum absolute atomic E-state index is 0.322. The van der Waals surface area contributed by atoms with Gasteiger partial charge in [0.2, 0.25) is 0 Å². The lowest BCUT2D eigenvalue weighted by atomic mass is 10.2. The summed E-state index contributed by atoms with van der Waals surface area (Å²) in [5.41, 5.74) is 0.898. The van der Waals surface area contributed by atoms with Crippen molar-refractivity contribution in [3.8, 4) is 0 Å². The number of hydrogen-bond acceptors (Lipinski definition) is 3. The quantitative estimate of drug-likeness (QED) is 0.595. The fourth-order valence-electron chi connectivity index (χ4n) is 1.35. The molecule has 0 bridgehead atoms. The van der Waals surface area contributed by atoms with E-state index >= 15 is 0 Å². The van der Waals surface area contributed by atoms with Gasteiger partial charge in [0.05, 0.1) is 0 Å². The molecule has 0 saturated carbocycles. The van der Waals surface area contributed by atoms with Gasteiger partial charge < -0.3 is 8.85 Å². The molecule has 0 aliphatic carbocycles. The maximum absolute atomic E-state index is 10.9. The molecule has 1 aromatic rings. The summed E-state index contributed by atoms with van der Waals surface area (Å²) in [6, 6.07) is 9.54. The minimum atomic E-state index is -2.46. The van der Waals surface area contributed by atoms with Gasteiger partial charge in [0, 0.05) is 25.6 Å². The molecule has 0 radical (unpaired) electrons. The molecule has 0 fully saturated rings. The molecule has 86 valence electrons.